The molecule has 96 valence electrons. The minimum absolute atomic E-state index is 0.707. The summed E-state index contributed by atoms with van der Waals surface area (Å²) < 4.78 is 2.02. The van der Waals surface area contributed by atoms with E-state index in [9.17, 15) is 0 Å². The number of aromatic nitrogens is 4. The van der Waals surface area contributed by atoms with Gasteiger partial charge in [0.1, 0.15) is 5.65 Å². The maximum atomic E-state index is 4.58. The summed E-state index contributed by atoms with van der Waals surface area (Å²) in [6.45, 7) is 0. The molecule has 3 rings (SSSR count). The molecule has 5 nitrogen and oxygen atoms in total. The van der Waals surface area contributed by atoms with Crippen LogP contribution in [-0.4, -0.2) is 33.6 Å². The minimum atomic E-state index is 0.707. The lowest BCUT2D eigenvalue weighted by Crippen LogP contribution is -2.12. The van der Waals surface area contributed by atoms with Gasteiger partial charge in [0.15, 0.2) is 0 Å². The van der Waals surface area contributed by atoms with Crippen LogP contribution in [0.3, 0.4) is 0 Å². The molecule has 0 fully saturated rings. The van der Waals surface area contributed by atoms with Crippen molar-refractivity contribution in [1.29, 1.82) is 0 Å². The quantitative estimate of drug-likeness (QED) is 0.701. The third-order valence-electron chi connectivity index (χ3n) is 3.05. The number of hydrogen-bond acceptors (Lipinski definition) is 4. The van der Waals surface area contributed by atoms with Gasteiger partial charge >= 0.3 is 0 Å². The summed E-state index contributed by atoms with van der Waals surface area (Å²) in [4.78, 5) is 15.1. The molecule has 19 heavy (non-hydrogen) atoms. The molecule has 0 saturated heterocycles. The predicted octanol–water partition coefficient (Wildman–Crippen LogP) is 2.10. The monoisotopic (exact) mass is 253 g/mol. The van der Waals surface area contributed by atoms with Crippen molar-refractivity contribution in [2.45, 2.75) is 0 Å². The Balaban J connectivity index is 2.22. The number of fused-ring (bicyclic) bond motifs is 1. The fraction of sp³-hybridized carbons (Fsp3) is 0.214. The van der Waals surface area contributed by atoms with Crippen LogP contribution in [0.15, 0.2) is 36.8 Å². The van der Waals surface area contributed by atoms with Crippen LogP contribution in [0.2, 0.25) is 0 Å². The van der Waals surface area contributed by atoms with E-state index in [4.69, 9.17) is 0 Å². The van der Waals surface area contributed by atoms with E-state index < -0.39 is 0 Å². The van der Waals surface area contributed by atoms with E-state index in [0.29, 0.717) is 5.95 Å². The number of aryl methyl sites for hydroxylation is 1. The Bertz CT molecular complexity index is 730. The molecular formula is C14H15N5. The van der Waals surface area contributed by atoms with E-state index in [0.717, 1.165) is 22.3 Å². The summed E-state index contributed by atoms with van der Waals surface area (Å²) in [5.41, 5.74) is 2.95. The van der Waals surface area contributed by atoms with Crippen LogP contribution in [-0.2, 0) is 7.05 Å². The van der Waals surface area contributed by atoms with E-state index in [1.54, 1.807) is 12.4 Å². The lowest BCUT2D eigenvalue weighted by atomic mass is 10.1. The largest absolute Gasteiger partial charge is 0.347 e. The number of pyridine rings is 1. The first kappa shape index (κ1) is 11.6. The van der Waals surface area contributed by atoms with Crippen LogP contribution in [0.5, 0.6) is 0 Å². The van der Waals surface area contributed by atoms with Gasteiger partial charge < -0.3 is 9.47 Å². The molecule has 0 bridgehead atoms. The molecule has 3 heterocycles. The molecule has 0 aliphatic heterocycles. The van der Waals surface area contributed by atoms with E-state index in [1.165, 1.54) is 0 Å². The summed E-state index contributed by atoms with van der Waals surface area (Å²) in [6.07, 6.45) is 5.64. The maximum absolute atomic E-state index is 4.58. The van der Waals surface area contributed by atoms with Crippen molar-refractivity contribution in [2.75, 3.05) is 19.0 Å². The average Bonchev–Trinajstić information content (AvgIpc) is 2.77. The highest BCUT2D eigenvalue weighted by molar-refractivity contribution is 5.93. The smallest absolute Gasteiger partial charge is 0.225 e. The Kier molecular flexibility index (Phi) is 2.67. The predicted molar refractivity (Wildman–Crippen MR) is 76.1 cm³/mol. The Hall–Kier alpha value is -2.43. The van der Waals surface area contributed by atoms with Crippen LogP contribution in [0.25, 0.3) is 22.3 Å². The number of anilines is 1. The van der Waals surface area contributed by atoms with Gasteiger partial charge in [0, 0.05) is 50.7 Å². The fourth-order valence-corrected chi connectivity index (χ4v) is 2.13. The summed E-state index contributed by atoms with van der Waals surface area (Å²) in [7, 11) is 5.86. The van der Waals surface area contributed by atoms with Gasteiger partial charge in [0.2, 0.25) is 5.95 Å². The average molecular weight is 253 g/mol. The van der Waals surface area contributed by atoms with E-state index in [-0.39, 0.29) is 0 Å². The highest BCUT2D eigenvalue weighted by Crippen LogP contribution is 2.27. The van der Waals surface area contributed by atoms with Crippen LogP contribution in [0, 0.1) is 0 Å². The Morgan fingerprint density at radius 3 is 2.74 bits per heavy atom. The van der Waals surface area contributed by atoms with Gasteiger partial charge in [-0.2, -0.15) is 0 Å². The second-order valence-electron chi connectivity index (χ2n) is 4.66. The molecule has 0 amide bonds. The van der Waals surface area contributed by atoms with E-state index >= 15 is 0 Å². The van der Waals surface area contributed by atoms with Crippen molar-refractivity contribution in [2.24, 2.45) is 7.05 Å². The summed E-state index contributed by atoms with van der Waals surface area (Å²) in [6, 6.07) is 5.93. The van der Waals surface area contributed by atoms with Crippen molar-refractivity contribution in [3.8, 4) is 11.3 Å². The van der Waals surface area contributed by atoms with Gasteiger partial charge in [0.25, 0.3) is 0 Å². The number of rotatable bonds is 2. The Labute approximate surface area is 111 Å². The first-order valence-corrected chi connectivity index (χ1v) is 6.07. The normalized spacial score (nSPS) is 10.9. The van der Waals surface area contributed by atoms with Gasteiger partial charge in [-0.3, -0.25) is 0 Å². The molecule has 0 unspecified atom stereocenters. The van der Waals surface area contributed by atoms with Gasteiger partial charge in [-0.25, -0.2) is 15.0 Å². The second-order valence-corrected chi connectivity index (χ2v) is 4.66. The molecule has 0 aliphatic rings. The third kappa shape index (κ3) is 1.93. The van der Waals surface area contributed by atoms with Gasteiger partial charge in [0.05, 0.1) is 5.69 Å². The molecular weight excluding hydrogens is 238 g/mol. The maximum Gasteiger partial charge on any atom is 0.225 e. The summed E-state index contributed by atoms with van der Waals surface area (Å²) in [5, 5.41) is 1.11. The standard InChI is InChI=1S/C14H15N5/c1-18(2)14-16-8-6-12(17-14)11-9-19(3)13-10(11)5-4-7-15-13/h4-9H,1-3H3. The topological polar surface area (TPSA) is 46.8 Å². The zero-order valence-electron chi connectivity index (χ0n) is 11.2. The third-order valence-corrected chi connectivity index (χ3v) is 3.05. The van der Waals surface area contributed by atoms with Crippen molar-refractivity contribution >= 4 is 17.0 Å². The lowest BCUT2D eigenvalue weighted by molar-refractivity contribution is 0.947. The van der Waals surface area contributed by atoms with Crippen LogP contribution in [0.4, 0.5) is 5.95 Å². The van der Waals surface area contributed by atoms with Crippen molar-refractivity contribution in [1.82, 2.24) is 19.5 Å². The van der Waals surface area contributed by atoms with E-state index in [2.05, 4.69) is 27.2 Å². The van der Waals surface area contributed by atoms with E-state index in [1.807, 2.05) is 42.7 Å². The van der Waals surface area contributed by atoms with Crippen molar-refractivity contribution < 1.29 is 0 Å². The molecule has 5 heteroatoms. The van der Waals surface area contributed by atoms with Gasteiger partial charge in [-0.05, 0) is 18.2 Å². The van der Waals surface area contributed by atoms with Crippen LogP contribution < -0.4 is 4.90 Å². The SMILES string of the molecule is CN(C)c1nccc(-c2cn(C)c3ncccc23)n1. The van der Waals surface area contributed by atoms with Crippen molar-refractivity contribution in [3.05, 3.63) is 36.8 Å². The van der Waals surface area contributed by atoms with Crippen molar-refractivity contribution in [3.63, 3.8) is 0 Å². The molecule has 3 aromatic rings. The number of hydrogen-bond donors (Lipinski definition) is 0. The highest BCUT2D eigenvalue weighted by atomic mass is 15.2. The Morgan fingerprint density at radius 2 is 1.95 bits per heavy atom. The zero-order valence-corrected chi connectivity index (χ0v) is 11.2. The fourth-order valence-electron chi connectivity index (χ4n) is 2.13. The summed E-state index contributed by atoms with van der Waals surface area (Å²) >= 11 is 0. The minimum Gasteiger partial charge on any atom is -0.347 e. The first-order chi connectivity index (χ1) is 9.16. The highest BCUT2D eigenvalue weighted by Gasteiger charge is 2.11. The zero-order chi connectivity index (χ0) is 13.4. The molecule has 0 radical (unpaired) electrons. The number of nitrogens with zero attached hydrogens (tertiary/aromatic N) is 5. The molecule has 0 N–H and O–H groups in total. The molecule has 0 atom stereocenters. The van der Waals surface area contributed by atoms with Crippen LogP contribution in [0.1, 0.15) is 0 Å². The second kappa shape index (κ2) is 4.35. The molecule has 0 aromatic carbocycles. The molecule has 3 aromatic heterocycles. The molecule has 0 aliphatic carbocycles. The first-order valence-electron chi connectivity index (χ1n) is 6.07. The summed E-state index contributed by atoms with van der Waals surface area (Å²) in [5.74, 6) is 0.707. The molecule has 0 spiro atoms. The van der Waals surface area contributed by atoms with Gasteiger partial charge in [-0.1, -0.05) is 0 Å². The van der Waals surface area contributed by atoms with Gasteiger partial charge in [-0.15, -0.1) is 0 Å². The molecule has 0 saturated carbocycles. The Morgan fingerprint density at radius 1 is 1.11 bits per heavy atom. The van der Waals surface area contributed by atoms with Crippen LogP contribution >= 0.6 is 0 Å². The lowest BCUT2D eigenvalue weighted by Gasteiger charge is -2.10.